The molecule has 0 aliphatic carbocycles. The number of hydrogen-bond acceptors (Lipinski definition) is 4. The minimum Gasteiger partial charge on any atom is -0.383 e. The maximum atomic E-state index is 12.4. The number of hydrogen-bond donors (Lipinski definition) is 2. The first-order valence-corrected chi connectivity index (χ1v) is 7.29. The fraction of sp³-hybridized carbons (Fsp3) is 0.600. The van der Waals surface area contributed by atoms with Gasteiger partial charge in [0.05, 0.1) is 17.4 Å². The highest BCUT2D eigenvalue weighted by Crippen LogP contribution is 2.20. The van der Waals surface area contributed by atoms with Crippen molar-refractivity contribution in [3.05, 3.63) is 24.0 Å². The molecular weight excluding hydrogens is 254 g/mol. The van der Waals surface area contributed by atoms with Crippen LogP contribution in [0.15, 0.2) is 18.5 Å². The zero-order chi connectivity index (χ0) is 14.4. The second kappa shape index (κ2) is 7.24. The summed E-state index contributed by atoms with van der Waals surface area (Å²) >= 11 is 0. The van der Waals surface area contributed by atoms with Gasteiger partial charge < -0.3 is 15.4 Å². The van der Waals surface area contributed by atoms with Gasteiger partial charge in [0.2, 0.25) is 0 Å². The molecular formula is C15H23N3O2. The third kappa shape index (κ3) is 3.70. The van der Waals surface area contributed by atoms with Gasteiger partial charge in [0.1, 0.15) is 0 Å². The van der Waals surface area contributed by atoms with Crippen molar-refractivity contribution in [2.24, 2.45) is 5.92 Å². The largest absolute Gasteiger partial charge is 0.383 e. The molecule has 1 aromatic rings. The van der Waals surface area contributed by atoms with Crippen molar-refractivity contribution in [2.75, 3.05) is 25.1 Å². The highest BCUT2D eigenvalue weighted by atomic mass is 16.5. The fourth-order valence-electron chi connectivity index (χ4n) is 2.54. The molecule has 1 amide bonds. The van der Waals surface area contributed by atoms with Gasteiger partial charge in [-0.3, -0.25) is 9.78 Å². The number of pyridine rings is 1. The number of rotatable bonds is 5. The van der Waals surface area contributed by atoms with E-state index in [9.17, 15) is 4.79 Å². The van der Waals surface area contributed by atoms with Crippen molar-refractivity contribution in [3.63, 3.8) is 0 Å². The quantitative estimate of drug-likeness (QED) is 0.864. The van der Waals surface area contributed by atoms with E-state index < -0.39 is 0 Å². The molecule has 5 nitrogen and oxygen atoms in total. The van der Waals surface area contributed by atoms with E-state index in [1.165, 1.54) is 0 Å². The third-order valence-corrected chi connectivity index (χ3v) is 3.76. The molecule has 2 N–H and O–H groups in total. The summed E-state index contributed by atoms with van der Waals surface area (Å²) in [6, 6.07) is 1.92. The van der Waals surface area contributed by atoms with E-state index in [1.54, 1.807) is 18.5 Å². The van der Waals surface area contributed by atoms with E-state index in [4.69, 9.17) is 4.74 Å². The molecule has 1 unspecified atom stereocenters. The second-order valence-electron chi connectivity index (χ2n) is 5.16. The normalized spacial score (nSPS) is 17.5. The van der Waals surface area contributed by atoms with E-state index >= 15 is 0 Å². The summed E-state index contributed by atoms with van der Waals surface area (Å²) in [6.45, 7) is 6.42. The smallest absolute Gasteiger partial charge is 0.253 e. The Labute approximate surface area is 120 Å². The lowest BCUT2D eigenvalue weighted by Crippen LogP contribution is -2.40. The Morgan fingerprint density at radius 3 is 2.95 bits per heavy atom. The average molecular weight is 277 g/mol. The summed E-state index contributed by atoms with van der Waals surface area (Å²) in [5, 5.41) is 6.27. The van der Waals surface area contributed by atoms with Crippen LogP contribution in [0.3, 0.4) is 0 Å². The maximum Gasteiger partial charge on any atom is 0.253 e. The molecule has 1 saturated heterocycles. The van der Waals surface area contributed by atoms with Crippen LogP contribution >= 0.6 is 0 Å². The van der Waals surface area contributed by atoms with Gasteiger partial charge in [-0.2, -0.15) is 0 Å². The number of ether oxygens (including phenoxy) is 1. The number of carbonyl (C=O) groups excluding carboxylic acids is 1. The molecule has 2 rings (SSSR count). The standard InChI is InChI=1S/C15H23N3O2/c1-3-17-14-10-16-7-4-13(14)15(19)18-11(2)12-5-8-20-9-6-12/h4,7,10-12,17H,3,5-6,8-9H2,1-2H3,(H,18,19). The molecule has 0 bridgehead atoms. The van der Waals surface area contributed by atoms with Crippen LogP contribution in [0.1, 0.15) is 37.0 Å². The first-order valence-electron chi connectivity index (χ1n) is 7.29. The Morgan fingerprint density at radius 2 is 2.25 bits per heavy atom. The van der Waals surface area contributed by atoms with Crippen LogP contribution in [0.5, 0.6) is 0 Å². The Hall–Kier alpha value is -1.62. The van der Waals surface area contributed by atoms with Crippen molar-refractivity contribution in [3.8, 4) is 0 Å². The first-order chi connectivity index (χ1) is 9.72. The van der Waals surface area contributed by atoms with Gasteiger partial charge in [0.25, 0.3) is 5.91 Å². The van der Waals surface area contributed by atoms with Gasteiger partial charge in [0.15, 0.2) is 0 Å². The number of nitrogens with zero attached hydrogens (tertiary/aromatic N) is 1. The maximum absolute atomic E-state index is 12.4. The Balaban J connectivity index is 2.00. The third-order valence-electron chi connectivity index (χ3n) is 3.76. The molecule has 110 valence electrons. The van der Waals surface area contributed by atoms with E-state index in [0.717, 1.165) is 38.3 Å². The van der Waals surface area contributed by atoms with Gasteiger partial charge in [0, 0.05) is 32.0 Å². The lowest BCUT2D eigenvalue weighted by Gasteiger charge is -2.28. The van der Waals surface area contributed by atoms with Crippen molar-refractivity contribution in [2.45, 2.75) is 32.7 Å². The van der Waals surface area contributed by atoms with E-state index in [0.29, 0.717) is 11.5 Å². The van der Waals surface area contributed by atoms with Gasteiger partial charge >= 0.3 is 0 Å². The van der Waals surface area contributed by atoms with Gasteiger partial charge in [-0.05, 0) is 38.7 Å². The van der Waals surface area contributed by atoms with Crippen molar-refractivity contribution < 1.29 is 9.53 Å². The second-order valence-corrected chi connectivity index (χ2v) is 5.16. The molecule has 0 spiro atoms. The Kier molecular flexibility index (Phi) is 5.35. The number of anilines is 1. The summed E-state index contributed by atoms with van der Waals surface area (Å²) in [5.41, 5.74) is 1.44. The predicted molar refractivity (Wildman–Crippen MR) is 78.9 cm³/mol. The molecule has 1 aliphatic rings. The summed E-state index contributed by atoms with van der Waals surface area (Å²) in [5.74, 6) is 0.458. The van der Waals surface area contributed by atoms with E-state index in [1.807, 2.05) is 6.92 Å². The number of amides is 1. The predicted octanol–water partition coefficient (Wildman–Crippen LogP) is 2.06. The Bertz CT molecular complexity index is 444. The van der Waals surface area contributed by atoms with Gasteiger partial charge in [-0.1, -0.05) is 0 Å². The van der Waals surface area contributed by atoms with E-state index in [-0.39, 0.29) is 11.9 Å². The van der Waals surface area contributed by atoms with Crippen molar-refractivity contribution in [1.82, 2.24) is 10.3 Å². The number of nitrogens with one attached hydrogen (secondary N) is 2. The van der Waals surface area contributed by atoms with Crippen LogP contribution in [0.2, 0.25) is 0 Å². The lowest BCUT2D eigenvalue weighted by atomic mass is 9.93. The topological polar surface area (TPSA) is 63.2 Å². The van der Waals surface area contributed by atoms with Crippen LogP contribution in [0.4, 0.5) is 5.69 Å². The molecule has 0 saturated carbocycles. The summed E-state index contributed by atoms with van der Waals surface area (Å²) < 4.78 is 5.36. The molecule has 2 heterocycles. The van der Waals surface area contributed by atoms with E-state index in [2.05, 4.69) is 22.5 Å². The highest BCUT2D eigenvalue weighted by molar-refractivity contribution is 5.99. The van der Waals surface area contributed by atoms with Crippen LogP contribution in [0, 0.1) is 5.92 Å². The van der Waals surface area contributed by atoms with Crippen molar-refractivity contribution in [1.29, 1.82) is 0 Å². The van der Waals surface area contributed by atoms with Gasteiger partial charge in [-0.15, -0.1) is 0 Å². The average Bonchev–Trinajstić information content (AvgIpc) is 2.49. The molecule has 0 radical (unpaired) electrons. The highest BCUT2D eigenvalue weighted by Gasteiger charge is 2.23. The zero-order valence-corrected chi connectivity index (χ0v) is 12.2. The van der Waals surface area contributed by atoms with Crippen LogP contribution in [-0.4, -0.2) is 36.7 Å². The van der Waals surface area contributed by atoms with Crippen LogP contribution in [-0.2, 0) is 4.74 Å². The first kappa shape index (κ1) is 14.8. The molecule has 1 atom stereocenters. The minimum atomic E-state index is -0.0395. The lowest BCUT2D eigenvalue weighted by molar-refractivity contribution is 0.0538. The zero-order valence-electron chi connectivity index (χ0n) is 12.2. The fourth-order valence-corrected chi connectivity index (χ4v) is 2.54. The van der Waals surface area contributed by atoms with Crippen molar-refractivity contribution >= 4 is 11.6 Å². The van der Waals surface area contributed by atoms with Crippen LogP contribution in [0.25, 0.3) is 0 Å². The monoisotopic (exact) mass is 277 g/mol. The molecule has 5 heteroatoms. The molecule has 1 fully saturated rings. The number of carbonyl (C=O) groups is 1. The molecule has 20 heavy (non-hydrogen) atoms. The Morgan fingerprint density at radius 1 is 1.50 bits per heavy atom. The van der Waals surface area contributed by atoms with Crippen LogP contribution < -0.4 is 10.6 Å². The molecule has 0 aromatic carbocycles. The molecule has 1 aliphatic heterocycles. The minimum absolute atomic E-state index is 0.0395. The summed E-state index contributed by atoms with van der Waals surface area (Å²) in [4.78, 5) is 16.4. The number of aromatic nitrogens is 1. The SMILES string of the molecule is CCNc1cnccc1C(=O)NC(C)C1CCOCC1. The summed E-state index contributed by atoms with van der Waals surface area (Å²) in [6.07, 6.45) is 5.36. The summed E-state index contributed by atoms with van der Waals surface area (Å²) in [7, 11) is 0. The van der Waals surface area contributed by atoms with Gasteiger partial charge in [-0.25, -0.2) is 0 Å². The molecule has 1 aromatic heterocycles.